The van der Waals surface area contributed by atoms with Gasteiger partial charge in [-0.3, -0.25) is 4.79 Å². The first-order valence-electron chi connectivity index (χ1n) is 6.17. The molecule has 2 rings (SSSR count). The summed E-state index contributed by atoms with van der Waals surface area (Å²) in [5, 5.41) is 5.94. The van der Waals surface area contributed by atoms with Crippen molar-refractivity contribution < 1.29 is 4.79 Å². The second-order valence-electron chi connectivity index (χ2n) is 4.39. The maximum atomic E-state index is 10.9. The number of carbonyl (C=O) groups excluding carboxylic acids is 1. The lowest BCUT2D eigenvalue weighted by Crippen LogP contribution is -2.07. The van der Waals surface area contributed by atoms with Crippen molar-refractivity contribution in [1.29, 1.82) is 0 Å². The largest absolute Gasteiger partial charge is 0.380 e. The first kappa shape index (κ1) is 13.1. The third kappa shape index (κ3) is 3.81. The fraction of sp³-hybridized carbons (Fsp3) is 0.200. The van der Waals surface area contributed by atoms with Crippen molar-refractivity contribution in [2.45, 2.75) is 20.4 Å². The van der Waals surface area contributed by atoms with Crippen LogP contribution in [0, 0.1) is 6.92 Å². The molecule has 1 aromatic carbocycles. The molecule has 0 fully saturated rings. The fourth-order valence-electron chi connectivity index (χ4n) is 1.76. The average molecular weight is 255 g/mol. The number of aromatic nitrogens is 1. The third-order valence-electron chi connectivity index (χ3n) is 2.81. The SMILES string of the molecule is CC(=O)Nc1ccc(NCc2ccccc2C)cn1. The van der Waals surface area contributed by atoms with Gasteiger partial charge in [-0.25, -0.2) is 4.98 Å². The number of carbonyl (C=O) groups is 1. The smallest absolute Gasteiger partial charge is 0.222 e. The van der Waals surface area contributed by atoms with Crippen molar-refractivity contribution in [1.82, 2.24) is 4.98 Å². The van der Waals surface area contributed by atoms with Gasteiger partial charge >= 0.3 is 0 Å². The van der Waals surface area contributed by atoms with Gasteiger partial charge in [-0.1, -0.05) is 24.3 Å². The second-order valence-corrected chi connectivity index (χ2v) is 4.39. The number of nitrogens with one attached hydrogen (secondary N) is 2. The van der Waals surface area contributed by atoms with Gasteiger partial charge in [0.25, 0.3) is 0 Å². The van der Waals surface area contributed by atoms with Crippen molar-refractivity contribution in [2.24, 2.45) is 0 Å². The topological polar surface area (TPSA) is 54.0 Å². The quantitative estimate of drug-likeness (QED) is 0.883. The van der Waals surface area contributed by atoms with Gasteiger partial charge in [-0.15, -0.1) is 0 Å². The van der Waals surface area contributed by atoms with Crippen LogP contribution in [0.4, 0.5) is 11.5 Å². The summed E-state index contributed by atoms with van der Waals surface area (Å²) in [5.41, 5.74) is 3.45. The van der Waals surface area contributed by atoms with Gasteiger partial charge in [0.05, 0.1) is 11.9 Å². The van der Waals surface area contributed by atoms with Gasteiger partial charge in [0.2, 0.25) is 5.91 Å². The van der Waals surface area contributed by atoms with Crippen LogP contribution in [-0.4, -0.2) is 10.9 Å². The molecule has 4 nitrogen and oxygen atoms in total. The summed E-state index contributed by atoms with van der Waals surface area (Å²) >= 11 is 0. The van der Waals surface area contributed by atoms with E-state index in [9.17, 15) is 4.79 Å². The Morgan fingerprint density at radius 3 is 2.63 bits per heavy atom. The molecule has 19 heavy (non-hydrogen) atoms. The molecule has 1 aromatic heterocycles. The van der Waals surface area contributed by atoms with E-state index in [1.54, 1.807) is 12.3 Å². The molecule has 98 valence electrons. The maximum Gasteiger partial charge on any atom is 0.222 e. The summed E-state index contributed by atoms with van der Waals surface area (Å²) < 4.78 is 0. The number of anilines is 2. The standard InChI is InChI=1S/C15H17N3O/c1-11-5-3-4-6-13(11)9-16-14-7-8-15(17-10-14)18-12(2)19/h3-8,10,16H,9H2,1-2H3,(H,17,18,19). The predicted molar refractivity (Wildman–Crippen MR) is 77.0 cm³/mol. The normalized spacial score (nSPS) is 10.0. The molecule has 0 aliphatic heterocycles. The minimum atomic E-state index is -0.117. The van der Waals surface area contributed by atoms with Gasteiger partial charge in [0.1, 0.15) is 5.82 Å². The summed E-state index contributed by atoms with van der Waals surface area (Å²) in [6, 6.07) is 11.9. The molecule has 0 aliphatic rings. The monoisotopic (exact) mass is 255 g/mol. The maximum absolute atomic E-state index is 10.9. The van der Waals surface area contributed by atoms with Crippen molar-refractivity contribution in [3.63, 3.8) is 0 Å². The van der Waals surface area contributed by atoms with E-state index in [1.807, 2.05) is 18.2 Å². The number of pyridine rings is 1. The van der Waals surface area contributed by atoms with Crippen LogP contribution in [0.15, 0.2) is 42.6 Å². The lowest BCUT2D eigenvalue weighted by molar-refractivity contribution is -0.114. The summed E-state index contributed by atoms with van der Waals surface area (Å²) in [6.45, 7) is 4.31. The summed E-state index contributed by atoms with van der Waals surface area (Å²) in [7, 11) is 0. The van der Waals surface area contributed by atoms with Gasteiger partial charge in [0, 0.05) is 13.5 Å². The zero-order valence-corrected chi connectivity index (χ0v) is 11.1. The third-order valence-corrected chi connectivity index (χ3v) is 2.81. The summed E-state index contributed by atoms with van der Waals surface area (Å²) in [5.74, 6) is 0.446. The minimum absolute atomic E-state index is 0.117. The highest BCUT2D eigenvalue weighted by Crippen LogP contribution is 2.13. The van der Waals surface area contributed by atoms with Crippen molar-refractivity contribution in [3.05, 3.63) is 53.7 Å². The predicted octanol–water partition coefficient (Wildman–Crippen LogP) is 2.96. The lowest BCUT2D eigenvalue weighted by atomic mass is 10.1. The van der Waals surface area contributed by atoms with E-state index >= 15 is 0 Å². The number of amides is 1. The Labute approximate surface area is 112 Å². The number of hydrogen-bond donors (Lipinski definition) is 2. The van der Waals surface area contributed by atoms with Crippen LogP contribution in [0.3, 0.4) is 0 Å². The van der Waals surface area contributed by atoms with Crippen LogP contribution in [-0.2, 0) is 11.3 Å². The molecule has 0 atom stereocenters. The van der Waals surface area contributed by atoms with E-state index < -0.39 is 0 Å². The Hall–Kier alpha value is -2.36. The van der Waals surface area contributed by atoms with Crippen LogP contribution in [0.1, 0.15) is 18.1 Å². The minimum Gasteiger partial charge on any atom is -0.380 e. The van der Waals surface area contributed by atoms with Gasteiger partial charge in [-0.2, -0.15) is 0 Å². The number of nitrogens with zero attached hydrogens (tertiary/aromatic N) is 1. The molecule has 0 unspecified atom stereocenters. The Morgan fingerprint density at radius 1 is 1.21 bits per heavy atom. The van der Waals surface area contributed by atoms with Crippen LogP contribution in [0.5, 0.6) is 0 Å². The zero-order chi connectivity index (χ0) is 13.7. The van der Waals surface area contributed by atoms with E-state index in [2.05, 4.69) is 34.7 Å². The molecule has 0 saturated heterocycles. The van der Waals surface area contributed by atoms with Gasteiger partial charge in [-0.05, 0) is 30.2 Å². The van der Waals surface area contributed by atoms with E-state index in [0.29, 0.717) is 5.82 Å². The number of rotatable bonds is 4. The lowest BCUT2D eigenvalue weighted by Gasteiger charge is -2.09. The van der Waals surface area contributed by atoms with Crippen LogP contribution >= 0.6 is 0 Å². The first-order chi connectivity index (χ1) is 9.15. The Morgan fingerprint density at radius 2 is 2.00 bits per heavy atom. The second kappa shape index (κ2) is 6.00. The molecule has 2 aromatic rings. The van der Waals surface area contributed by atoms with Gasteiger partial charge < -0.3 is 10.6 Å². The molecule has 0 spiro atoms. The molecule has 1 amide bonds. The molecule has 0 radical (unpaired) electrons. The Balaban J connectivity index is 1.97. The van der Waals surface area contributed by atoms with Crippen molar-refractivity contribution in [2.75, 3.05) is 10.6 Å². The number of aryl methyl sites for hydroxylation is 1. The molecule has 0 aliphatic carbocycles. The molecular formula is C15H17N3O. The molecule has 0 saturated carbocycles. The molecular weight excluding hydrogens is 238 g/mol. The average Bonchev–Trinajstić information content (AvgIpc) is 2.39. The van der Waals surface area contributed by atoms with Crippen molar-refractivity contribution >= 4 is 17.4 Å². The summed E-state index contributed by atoms with van der Waals surface area (Å²) in [6.07, 6.45) is 1.71. The number of hydrogen-bond acceptors (Lipinski definition) is 3. The van der Waals surface area contributed by atoms with Crippen LogP contribution in [0.2, 0.25) is 0 Å². The van der Waals surface area contributed by atoms with E-state index in [4.69, 9.17) is 0 Å². The Bertz CT molecular complexity index is 564. The fourth-order valence-corrected chi connectivity index (χ4v) is 1.76. The highest BCUT2D eigenvalue weighted by molar-refractivity contribution is 5.87. The molecule has 0 bridgehead atoms. The molecule has 4 heteroatoms. The highest BCUT2D eigenvalue weighted by Gasteiger charge is 1.99. The van der Waals surface area contributed by atoms with Crippen molar-refractivity contribution in [3.8, 4) is 0 Å². The van der Waals surface area contributed by atoms with Crippen LogP contribution in [0.25, 0.3) is 0 Å². The van der Waals surface area contributed by atoms with E-state index in [1.165, 1.54) is 18.1 Å². The molecule has 1 heterocycles. The number of benzene rings is 1. The highest BCUT2D eigenvalue weighted by atomic mass is 16.1. The van der Waals surface area contributed by atoms with E-state index in [-0.39, 0.29) is 5.91 Å². The van der Waals surface area contributed by atoms with Gasteiger partial charge in [0.15, 0.2) is 0 Å². The Kier molecular flexibility index (Phi) is 4.13. The molecule has 2 N–H and O–H groups in total. The first-order valence-corrected chi connectivity index (χ1v) is 6.17. The zero-order valence-electron chi connectivity index (χ0n) is 11.1. The van der Waals surface area contributed by atoms with Crippen LogP contribution < -0.4 is 10.6 Å². The summed E-state index contributed by atoms with van der Waals surface area (Å²) in [4.78, 5) is 15.0. The van der Waals surface area contributed by atoms with E-state index in [0.717, 1.165) is 12.2 Å².